The molecule has 2 aliphatic rings. The number of carbonyl (C=O) groups excluding carboxylic acids is 1. The van der Waals surface area contributed by atoms with E-state index in [2.05, 4.69) is 5.32 Å². The van der Waals surface area contributed by atoms with Crippen molar-refractivity contribution in [3.63, 3.8) is 0 Å². The average molecular weight is 244 g/mol. The van der Waals surface area contributed by atoms with Crippen LogP contribution < -0.4 is 11.1 Å². The van der Waals surface area contributed by atoms with E-state index in [0.717, 1.165) is 6.42 Å². The van der Waals surface area contributed by atoms with Crippen LogP contribution in [-0.4, -0.2) is 57.6 Å². The summed E-state index contributed by atoms with van der Waals surface area (Å²) in [4.78, 5) is 11.9. The number of nitrogens with one attached hydrogen (secondary N) is 1. The van der Waals surface area contributed by atoms with Gasteiger partial charge in [-0.2, -0.15) is 0 Å². The van der Waals surface area contributed by atoms with Gasteiger partial charge < -0.3 is 25.3 Å². The minimum atomic E-state index is -0.376. The second-order valence-electron chi connectivity index (χ2n) is 4.72. The van der Waals surface area contributed by atoms with Gasteiger partial charge in [0.2, 0.25) is 5.91 Å². The lowest BCUT2D eigenvalue weighted by Crippen LogP contribution is -2.49. The molecule has 2 aliphatic heterocycles. The van der Waals surface area contributed by atoms with Gasteiger partial charge in [-0.3, -0.25) is 4.79 Å². The molecule has 98 valence electrons. The number of hydrogen-bond acceptors (Lipinski definition) is 5. The van der Waals surface area contributed by atoms with Gasteiger partial charge in [0, 0.05) is 32.7 Å². The Morgan fingerprint density at radius 1 is 1.53 bits per heavy atom. The van der Waals surface area contributed by atoms with Gasteiger partial charge in [-0.25, -0.2) is 0 Å². The van der Waals surface area contributed by atoms with Crippen LogP contribution in [0.1, 0.15) is 6.42 Å². The van der Waals surface area contributed by atoms with Gasteiger partial charge in [0.05, 0.1) is 25.7 Å². The summed E-state index contributed by atoms with van der Waals surface area (Å²) < 4.78 is 15.9. The first kappa shape index (κ1) is 12.8. The summed E-state index contributed by atoms with van der Waals surface area (Å²) in [5.74, 6) is -0.301. The second-order valence-corrected chi connectivity index (χ2v) is 4.72. The third-order valence-electron chi connectivity index (χ3n) is 3.55. The largest absolute Gasteiger partial charge is 0.379 e. The van der Waals surface area contributed by atoms with E-state index < -0.39 is 0 Å². The molecule has 3 N–H and O–H groups in total. The van der Waals surface area contributed by atoms with Crippen molar-refractivity contribution < 1.29 is 19.0 Å². The first-order chi connectivity index (χ1) is 8.17. The van der Waals surface area contributed by atoms with Crippen LogP contribution in [-0.2, 0) is 19.0 Å². The molecule has 3 atom stereocenters. The second kappa shape index (κ2) is 5.30. The lowest BCUT2D eigenvalue weighted by molar-refractivity contribution is -0.126. The highest BCUT2D eigenvalue weighted by Gasteiger charge is 2.37. The lowest BCUT2D eigenvalue weighted by Gasteiger charge is -2.26. The zero-order chi connectivity index (χ0) is 12.3. The monoisotopic (exact) mass is 244 g/mol. The van der Waals surface area contributed by atoms with Crippen LogP contribution >= 0.6 is 0 Å². The highest BCUT2D eigenvalue weighted by Crippen LogP contribution is 2.22. The maximum atomic E-state index is 11.9. The Labute approximate surface area is 101 Å². The Balaban J connectivity index is 1.82. The summed E-state index contributed by atoms with van der Waals surface area (Å²) in [6.45, 7) is 2.53. The quantitative estimate of drug-likeness (QED) is 0.654. The Morgan fingerprint density at radius 2 is 2.35 bits per heavy atom. The Morgan fingerprint density at radius 3 is 2.88 bits per heavy atom. The van der Waals surface area contributed by atoms with E-state index >= 15 is 0 Å². The maximum Gasteiger partial charge on any atom is 0.227 e. The normalized spacial score (nSPS) is 37.3. The van der Waals surface area contributed by atoms with E-state index in [4.69, 9.17) is 19.9 Å². The summed E-state index contributed by atoms with van der Waals surface area (Å²) >= 11 is 0. The molecule has 2 fully saturated rings. The number of rotatable bonds is 4. The molecule has 0 aromatic rings. The van der Waals surface area contributed by atoms with Crippen molar-refractivity contribution in [2.75, 3.05) is 40.1 Å². The van der Waals surface area contributed by atoms with Crippen LogP contribution in [0.3, 0.4) is 0 Å². The zero-order valence-electron chi connectivity index (χ0n) is 10.1. The van der Waals surface area contributed by atoms with E-state index in [9.17, 15) is 4.79 Å². The van der Waals surface area contributed by atoms with E-state index in [1.54, 1.807) is 7.11 Å². The molecule has 0 spiro atoms. The zero-order valence-corrected chi connectivity index (χ0v) is 10.1. The van der Waals surface area contributed by atoms with Crippen molar-refractivity contribution in [3.8, 4) is 0 Å². The van der Waals surface area contributed by atoms with Crippen molar-refractivity contribution >= 4 is 5.91 Å². The highest BCUT2D eigenvalue weighted by atomic mass is 16.5. The van der Waals surface area contributed by atoms with Gasteiger partial charge in [0.25, 0.3) is 0 Å². The van der Waals surface area contributed by atoms with E-state index in [0.29, 0.717) is 33.0 Å². The Kier molecular flexibility index (Phi) is 3.98. The lowest BCUT2D eigenvalue weighted by atomic mass is 10.0. The maximum absolute atomic E-state index is 11.9. The van der Waals surface area contributed by atoms with Crippen molar-refractivity contribution in [2.45, 2.75) is 18.1 Å². The molecular weight excluding hydrogens is 224 g/mol. The highest BCUT2D eigenvalue weighted by molar-refractivity contribution is 5.79. The van der Waals surface area contributed by atoms with E-state index in [-0.39, 0.29) is 23.5 Å². The van der Waals surface area contributed by atoms with Crippen molar-refractivity contribution in [2.24, 2.45) is 11.7 Å². The molecule has 1 amide bonds. The Bertz CT molecular complexity index is 279. The summed E-state index contributed by atoms with van der Waals surface area (Å²) in [7, 11) is 1.64. The van der Waals surface area contributed by atoms with Gasteiger partial charge >= 0.3 is 0 Å². The van der Waals surface area contributed by atoms with Crippen LogP contribution in [0.4, 0.5) is 0 Å². The SMILES string of the molecule is COC1(CNC(=O)C2COCC2N)CCOC1. The Hall–Kier alpha value is -0.690. The fraction of sp³-hybridized carbons (Fsp3) is 0.909. The molecule has 6 nitrogen and oxygen atoms in total. The molecule has 0 aromatic carbocycles. The van der Waals surface area contributed by atoms with Gasteiger partial charge in [0.15, 0.2) is 0 Å². The summed E-state index contributed by atoms with van der Waals surface area (Å²) in [6, 6.07) is -0.201. The summed E-state index contributed by atoms with van der Waals surface area (Å²) in [5, 5.41) is 2.88. The van der Waals surface area contributed by atoms with E-state index in [1.807, 2.05) is 0 Å². The summed E-state index contributed by atoms with van der Waals surface area (Å²) in [5.41, 5.74) is 5.41. The fourth-order valence-electron chi connectivity index (χ4n) is 2.18. The standard InChI is InChI=1S/C11H20N2O4/c1-15-11(2-3-16-7-11)6-13-10(14)8-4-17-5-9(8)12/h8-9H,2-7,12H2,1H3,(H,13,14). The number of ether oxygens (including phenoxy) is 3. The number of nitrogens with two attached hydrogens (primary N) is 1. The number of methoxy groups -OCH3 is 1. The predicted molar refractivity (Wildman–Crippen MR) is 60.5 cm³/mol. The van der Waals surface area contributed by atoms with Crippen LogP contribution in [0.25, 0.3) is 0 Å². The van der Waals surface area contributed by atoms with Crippen LogP contribution in [0, 0.1) is 5.92 Å². The topological polar surface area (TPSA) is 82.8 Å². The molecule has 0 bridgehead atoms. The van der Waals surface area contributed by atoms with Gasteiger partial charge in [0.1, 0.15) is 5.60 Å². The first-order valence-electron chi connectivity index (χ1n) is 5.91. The molecule has 0 aliphatic carbocycles. The smallest absolute Gasteiger partial charge is 0.227 e. The summed E-state index contributed by atoms with van der Waals surface area (Å²) in [6.07, 6.45) is 0.803. The molecular formula is C11H20N2O4. The van der Waals surface area contributed by atoms with Gasteiger partial charge in [-0.05, 0) is 0 Å². The van der Waals surface area contributed by atoms with Crippen LogP contribution in [0.15, 0.2) is 0 Å². The van der Waals surface area contributed by atoms with Crippen molar-refractivity contribution in [1.29, 1.82) is 0 Å². The van der Waals surface area contributed by atoms with Crippen molar-refractivity contribution in [1.82, 2.24) is 5.32 Å². The fourth-order valence-corrected chi connectivity index (χ4v) is 2.18. The number of amides is 1. The molecule has 17 heavy (non-hydrogen) atoms. The molecule has 2 heterocycles. The van der Waals surface area contributed by atoms with Gasteiger partial charge in [-0.1, -0.05) is 0 Å². The minimum Gasteiger partial charge on any atom is -0.379 e. The molecule has 0 radical (unpaired) electrons. The van der Waals surface area contributed by atoms with Gasteiger partial charge in [-0.15, -0.1) is 0 Å². The predicted octanol–water partition coefficient (Wildman–Crippen LogP) is -1.12. The third-order valence-corrected chi connectivity index (χ3v) is 3.55. The third kappa shape index (κ3) is 2.77. The van der Waals surface area contributed by atoms with Crippen molar-refractivity contribution in [3.05, 3.63) is 0 Å². The molecule has 0 saturated carbocycles. The molecule has 3 unspecified atom stereocenters. The molecule has 6 heteroatoms. The molecule has 0 aromatic heterocycles. The number of carbonyl (C=O) groups is 1. The van der Waals surface area contributed by atoms with Crippen LogP contribution in [0.5, 0.6) is 0 Å². The molecule has 2 saturated heterocycles. The molecule has 2 rings (SSSR count). The average Bonchev–Trinajstić information content (AvgIpc) is 2.95. The van der Waals surface area contributed by atoms with Crippen LogP contribution in [0.2, 0.25) is 0 Å². The minimum absolute atomic E-state index is 0.0571. The van der Waals surface area contributed by atoms with E-state index in [1.165, 1.54) is 0 Å². The first-order valence-corrected chi connectivity index (χ1v) is 5.91. The number of hydrogen-bond donors (Lipinski definition) is 2.